The molecule has 0 amide bonds. The van der Waals surface area contributed by atoms with Gasteiger partial charge in [-0.15, -0.1) is 5.10 Å². The molecule has 3 rings (SSSR count). The van der Waals surface area contributed by atoms with Crippen molar-refractivity contribution in [1.29, 1.82) is 0 Å². The van der Waals surface area contributed by atoms with Gasteiger partial charge in [-0.25, -0.2) is 9.48 Å². The molecule has 1 aromatic heterocycles. The lowest BCUT2D eigenvalue weighted by molar-refractivity contribution is 0.0687. The lowest BCUT2D eigenvalue weighted by Gasteiger charge is -2.26. The van der Waals surface area contributed by atoms with Crippen molar-refractivity contribution < 1.29 is 9.90 Å². The molecule has 1 aromatic carbocycles. The van der Waals surface area contributed by atoms with Gasteiger partial charge in [0.25, 0.3) is 0 Å². The van der Waals surface area contributed by atoms with Gasteiger partial charge in [0.1, 0.15) is 0 Å². The minimum absolute atomic E-state index is 0.0932. The highest BCUT2D eigenvalue weighted by Crippen LogP contribution is 2.38. The van der Waals surface area contributed by atoms with Gasteiger partial charge in [-0.1, -0.05) is 23.8 Å². The summed E-state index contributed by atoms with van der Waals surface area (Å²) in [6.07, 6.45) is 3.17. The van der Waals surface area contributed by atoms with Crippen LogP contribution < -0.4 is 0 Å². The molecule has 0 bridgehead atoms. The van der Waals surface area contributed by atoms with Gasteiger partial charge in [-0.2, -0.15) is 0 Å². The minimum atomic E-state index is -0.997. The van der Waals surface area contributed by atoms with Gasteiger partial charge in [0.15, 0.2) is 5.69 Å². The fourth-order valence-electron chi connectivity index (χ4n) is 2.62. The molecule has 0 unspecified atom stereocenters. The van der Waals surface area contributed by atoms with Crippen LogP contribution in [0.2, 0.25) is 0 Å². The first-order valence-corrected chi connectivity index (χ1v) is 6.84. The Labute approximate surface area is 117 Å². The summed E-state index contributed by atoms with van der Waals surface area (Å²) >= 11 is 0. The van der Waals surface area contributed by atoms with Gasteiger partial charge in [-0.3, -0.25) is 0 Å². The molecule has 5 nitrogen and oxygen atoms in total. The molecule has 1 aliphatic carbocycles. The third kappa shape index (κ3) is 1.99. The molecular weight excluding hydrogens is 254 g/mol. The number of hydrogen-bond donors (Lipinski definition) is 1. The number of aryl methyl sites for hydroxylation is 2. The summed E-state index contributed by atoms with van der Waals surface area (Å²) in [4.78, 5) is 11.3. The molecule has 1 heterocycles. The molecule has 20 heavy (non-hydrogen) atoms. The fourth-order valence-corrected chi connectivity index (χ4v) is 2.62. The van der Waals surface area contributed by atoms with Gasteiger partial charge < -0.3 is 5.11 Å². The van der Waals surface area contributed by atoms with Crippen LogP contribution in [0, 0.1) is 13.8 Å². The number of benzene rings is 1. The molecule has 0 atom stereocenters. The van der Waals surface area contributed by atoms with Crippen LogP contribution in [-0.4, -0.2) is 26.1 Å². The van der Waals surface area contributed by atoms with E-state index in [1.165, 1.54) is 0 Å². The Hall–Kier alpha value is -2.17. The van der Waals surface area contributed by atoms with Gasteiger partial charge in [0, 0.05) is 5.92 Å². The summed E-state index contributed by atoms with van der Waals surface area (Å²) in [5.74, 6) is -0.737. The van der Waals surface area contributed by atoms with E-state index in [0.717, 1.165) is 41.8 Å². The maximum atomic E-state index is 11.3. The van der Waals surface area contributed by atoms with Crippen LogP contribution in [-0.2, 0) is 0 Å². The van der Waals surface area contributed by atoms with Crippen LogP contribution in [0.4, 0.5) is 0 Å². The number of hydrogen-bond acceptors (Lipinski definition) is 3. The number of aromatic carboxylic acids is 1. The first-order chi connectivity index (χ1) is 9.58. The summed E-state index contributed by atoms with van der Waals surface area (Å²) in [7, 11) is 0. The van der Waals surface area contributed by atoms with Crippen molar-refractivity contribution in [3.05, 3.63) is 40.7 Å². The zero-order valence-electron chi connectivity index (χ0n) is 11.6. The first kappa shape index (κ1) is 12.8. The minimum Gasteiger partial charge on any atom is -0.476 e. The summed E-state index contributed by atoms with van der Waals surface area (Å²) in [5.41, 5.74) is 3.95. The number of rotatable bonds is 3. The van der Waals surface area contributed by atoms with E-state index in [4.69, 9.17) is 0 Å². The van der Waals surface area contributed by atoms with Crippen LogP contribution in [0.1, 0.15) is 52.5 Å². The first-order valence-electron chi connectivity index (χ1n) is 6.84. The Kier molecular flexibility index (Phi) is 3.04. The van der Waals surface area contributed by atoms with Gasteiger partial charge in [0.2, 0.25) is 0 Å². The van der Waals surface area contributed by atoms with Crippen molar-refractivity contribution >= 4 is 5.97 Å². The van der Waals surface area contributed by atoms with Gasteiger partial charge >= 0.3 is 5.97 Å². The van der Waals surface area contributed by atoms with E-state index >= 15 is 0 Å². The smallest absolute Gasteiger partial charge is 0.358 e. The molecule has 1 fully saturated rings. The van der Waals surface area contributed by atoms with E-state index in [2.05, 4.69) is 10.3 Å². The van der Waals surface area contributed by atoms with Crippen LogP contribution in [0.3, 0.4) is 0 Å². The Morgan fingerprint density at radius 1 is 1.35 bits per heavy atom. The van der Waals surface area contributed by atoms with Crippen molar-refractivity contribution in [2.45, 2.75) is 39.0 Å². The fraction of sp³-hybridized carbons (Fsp3) is 0.400. The van der Waals surface area contributed by atoms with Crippen LogP contribution in [0.25, 0.3) is 5.69 Å². The topological polar surface area (TPSA) is 68.0 Å². The van der Waals surface area contributed by atoms with Gasteiger partial charge in [-0.05, 0) is 43.9 Å². The summed E-state index contributed by atoms with van der Waals surface area (Å²) in [6.45, 7) is 4.02. The molecule has 1 aliphatic rings. The van der Waals surface area contributed by atoms with Crippen molar-refractivity contribution in [3.8, 4) is 5.69 Å². The number of aromatic nitrogens is 3. The normalized spacial score (nSPS) is 15.1. The maximum absolute atomic E-state index is 11.3. The summed E-state index contributed by atoms with van der Waals surface area (Å²) < 4.78 is 1.72. The number of nitrogens with zero attached hydrogens (tertiary/aromatic N) is 3. The molecule has 0 radical (unpaired) electrons. The second-order valence-corrected chi connectivity index (χ2v) is 5.46. The zero-order chi connectivity index (χ0) is 14.3. The molecule has 104 valence electrons. The number of carbonyl (C=O) groups is 1. The molecule has 0 saturated heterocycles. The number of carboxylic acid groups (broad SMARTS) is 1. The standard InChI is InChI=1S/C15H17N3O2/c1-9-6-7-10(2)12(8-9)18-14(11-4-3-5-11)13(15(19)20)16-17-18/h6-8,11H,3-5H2,1-2H3,(H,19,20). The van der Waals surface area contributed by atoms with E-state index in [0.29, 0.717) is 0 Å². The van der Waals surface area contributed by atoms with Crippen molar-refractivity contribution in [2.24, 2.45) is 0 Å². The molecule has 0 spiro atoms. The molecule has 1 N–H and O–H groups in total. The second-order valence-electron chi connectivity index (χ2n) is 5.46. The van der Waals surface area contributed by atoms with Crippen molar-refractivity contribution in [3.63, 3.8) is 0 Å². The molecule has 5 heteroatoms. The van der Waals surface area contributed by atoms with E-state index in [-0.39, 0.29) is 11.6 Å². The molecular formula is C15H17N3O2. The maximum Gasteiger partial charge on any atom is 0.358 e. The third-order valence-electron chi connectivity index (χ3n) is 3.99. The van der Waals surface area contributed by atoms with Crippen molar-refractivity contribution in [1.82, 2.24) is 15.0 Å². The van der Waals surface area contributed by atoms with E-state index in [1.807, 2.05) is 32.0 Å². The number of carboxylic acids is 1. The highest BCUT2D eigenvalue weighted by molar-refractivity contribution is 5.87. The second kappa shape index (κ2) is 4.74. The Balaban J connectivity index is 2.18. The van der Waals surface area contributed by atoms with E-state index < -0.39 is 5.97 Å². The molecule has 0 aliphatic heterocycles. The third-order valence-corrected chi connectivity index (χ3v) is 3.99. The largest absolute Gasteiger partial charge is 0.476 e. The summed E-state index contributed by atoms with van der Waals surface area (Å²) in [5, 5.41) is 17.3. The Morgan fingerprint density at radius 3 is 2.70 bits per heavy atom. The van der Waals surface area contributed by atoms with Crippen LogP contribution in [0.15, 0.2) is 18.2 Å². The Bertz CT molecular complexity index is 672. The zero-order valence-corrected chi connectivity index (χ0v) is 11.6. The van der Waals surface area contributed by atoms with Crippen LogP contribution in [0.5, 0.6) is 0 Å². The lowest BCUT2D eigenvalue weighted by atomic mass is 9.82. The van der Waals surface area contributed by atoms with Crippen LogP contribution >= 0.6 is 0 Å². The predicted octanol–water partition coefficient (Wildman–Crippen LogP) is 2.85. The van der Waals surface area contributed by atoms with E-state index in [1.54, 1.807) is 4.68 Å². The average molecular weight is 271 g/mol. The highest BCUT2D eigenvalue weighted by atomic mass is 16.4. The molecule has 2 aromatic rings. The lowest BCUT2D eigenvalue weighted by Crippen LogP contribution is -2.18. The predicted molar refractivity (Wildman–Crippen MR) is 74.4 cm³/mol. The SMILES string of the molecule is Cc1ccc(C)c(-n2nnc(C(=O)O)c2C2CCC2)c1. The molecule has 1 saturated carbocycles. The van der Waals surface area contributed by atoms with Gasteiger partial charge in [0.05, 0.1) is 11.4 Å². The Morgan fingerprint density at radius 2 is 2.10 bits per heavy atom. The van der Waals surface area contributed by atoms with Crippen molar-refractivity contribution in [2.75, 3.05) is 0 Å². The monoisotopic (exact) mass is 271 g/mol. The average Bonchev–Trinajstić information content (AvgIpc) is 2.74. The highest BCUT2D eigenvalue weighted by Gasteiger charge is 2.31. The van der Waals surface area contributed by atoms with E-state index in [9.17, 15) is 9.90 Å². The quantitative estimate of drug-likeness (QED) is 0.932. The summed E-state index contributed by atoms with van der Waals surface area (Å²) in [6, 6.07) is 6.09.